The Bertz CT molecular complexity index is 1560. The number of aromatic nitrogens is 5. The van der Waals surface area contributed by atoms with E-state index in [1.165, 1.54) is 16.8 Å². The number of halogens is 1. The molecule has 0 bridgehead atoms. The Kier molecular flexibility index (Phi) is 5.20. The van der Waals surface area contributed by atoms with Gasteiger partial charge in [0.05, 0.1) is 34.7 Å². The largest absolute Gasteiger partial charge is 0.382 e. The molecule has 0 radical (unpaired) electrons. The molecule has 162 valence electrons. The number of nitrogens with one attached hydrogen (secondary N) is 1. The summed E-state index contributed by atoms with van der Waals surface area (Å²) in [5.74, 6) is -0.438. The summed E-state index contributed by atoms with van der Waals surface area (Å²) in [4.78, 5) is 34.3. The normalized spacial score (nSPS) is 11.1. The van der Waals surface area contributed by atoms with Gasteiger partial charge in [0.2, 0.25) is 5.78 Å². The quantitative estimate of drug-likeness (QED) is 0.386. The number of hydrogen-bond donors (Lipinski definition) is 2. The first-order chi connectivity index (χ1) is 16.0. The maximum Gasteiger partial charge on any atom is 0.250 e. The van der Waals surface area contributed by atoms with Crippen LogP contribution < -0.4 is 11.3 Å². The Labute approximate surface area is 192 Å². The van der Waals surface area contributed by atoms with Gasteiger partial charge in [-0.2, -0.15) is 5.10 Å². The van der Waals surface area contributed by atoms with Crippen LogP contribution >= 0.6 is 11.6 Å². The minimum absolute atomic E-state index is 0.0103. The third-order valence-corrected chi connectivity index (χ3v) is 5.52. The standard InChI is InChI=1S/C24H17ClN6O2/c25-17-11-15(10-16-12-27-30-20(16)17)22-21(14-6-2-1-3-7-14)29-24(26)23(28-22)18(32)13-31-9-5-4-8-19(31)33/h1-12H,13H2,(H2,26,29)(H,27,30). The third kappa shape index (κ3) is 3.88. The highest BCUT2D eigenvalue weighted by atomic mass is 35.5. The molecule has 5 rings (SSSR count). The molecule has 0 aliphatic rings. The number of ketones is 1. The minimum Gasteiger partial charge on any atom is -0.382 e. The maximum atomic E-state index is 13.1. The number of nitrogens with two attached hydrogens (primary N) is 1. The smallest absolute Gasteiger partial charge is 0.250 e. The second kappa shape index (κ2) is 8.33. The fourth-order valence-corrected chi connectivity index (χ4v) is 3.89. The maximum absolute atomic E-state index is 13.1. The molecule has 9 heteroatoms. The summed E-state index contributed by atoms with van der Waals surface area (Å²) >= 11 is 6.46. The zero-order chi connectivity index (χ0) is 22.9. The Morgan fingerprint density at radius 1 is 1.00 bits per heavy atom. The third-order valence-electron chi connectivity index (χ3n) is 5.22. The van der Waals surface area contributed by atoms with Crippen LogP contribution in [0.5, 0.6) is 0 Å². The molecular weight excluding hydrogens is 440 g/mol. The summed E-state index contributed by atoms with van der Waals surface area (Å²) in [5.41, 5.74) is 8.98. The summed E-state index contributed by atoms with van der Waals surface area (Å²) in [6, 6.07) is 17.7. The second-order valence-corrected chi connectivity index (χ2v) is 7.81. The van der Waals surface area contributed by atoms with Crippen LogP contribution in [0.2, 0.25) is 5.02 Å². The van der Waals surface area contributed by atoms with Crippen molar-refractivity contribution in [1.29, 1.82) is 0 Å². The van der Waals surface area contributed by atoms with Crippen molar-refractivity contribution in [1.82, 2.24) is 24.7 Å². The number of benzene rings is 2. The molecule has 0 unspecified atom stereocenters. The van der Waals surface area contributed by atoms with E-state index >= 15 is 0 Å². The molecule has 3 N–H and O–H groups in total. The number of aromatic amines is 1. The van der Waals surface area contributed by atoms with Gasteiger partial charge in [-0.15, -0.1) is 0 Å². The number of hydrogen-bond acceptors (Lipinski definition) is 6. The number of nitrogen functional groups attached to an aromatic ring is 1. The van der Waals surface area contributed by atoms with Crippen LogP contribution in [-0.2, 0) is 6.54 Å². The average Bonchev–Trinajstić information content (AvgIpc) is 3.30. The van der Waals surface area contributed by atoms with Crippen LogP contribution in [0.15, 0.2) is 77.9 Å². The SMILES string of the molecule is Nc1nc(-c2ccccc2)c(-c2cc(Cl)c3[nH]ncc3c2)nc1C(=O)Cn1ccccc1=O. The van der Waals surface area contributed by atoms with Gasteiger partial charge in [-0.05, 0) is 18.2 Å². The number of carbonyl (C=O) groups is 1. The van der Waals surface area contributed by atoms with Crippen LogP contribution in [0.25, 0.3) is 33.4 Å². The summed E-state index contributed by atoms with van der Waals surface area (Å²) in [6.07, 6.45) is 3.20. The van der Waals surface area contributed by atoms with Gasteiger partial charge in [0.15, 0.2) is 11.5 Å². The lowest BCUT2D eigenvalue weighted by atomic mass is 10.0. The van der Waals surface area contributed by atoms with Crippen LogP contribution in [0.1, 0.15) is 10.5 Å². The van der Waals surface area contributed by atoms with Crippen LogP contribution in [0.3, 0.4) is 0 Å². The lowest BCUT2D eigenvalue weighted by molar-refractivity contribution is 0.0966. The van der Waals surface area contributed by atoms with Gasteiger partial charge in [0, 0.05) is 28.8 Å². The first kappa shape index (κ1) is 20.6. The van der Waals surface area contributed by atoms with Crippen molar-refractivity contribution in [2.24, 2.45) is 0 Å². The van der Waals surface area contributed by atoms with Gasteiger partial charge in [0.25, 0.3) is 5.56 Å². The van der Waals surface area contributed by atoms with Crippen LogP contribution in [0, 0.1) is 0 Å². The van der Waals surface area contributed by atoms with E-state index in [9.17, 15) is 9.59 Å². The molecule has 0 atom stereocenters. The number of rotatable bonds is 5. The van der Waals surface area contributed by atoms with Crippen molar-refractivity contribution in [2.45, 2.75) is 6.54 Å². The number of H-pyrrole nitrogens is 1. The Morgan fingerprint density at radius 3 is 2.55 bits per heavy atom. The molecular formula is C24H17ClN6O2. The first-order valence-electron chi connectivity index (χ1n) is 10.1. The Hall–Kier alpha value is -4.30. The van der Waals surface area contributed by atoms with Gasteiger partial charge in [-0.1, -0.05) is 48.0 Å². The molecule has 0 amide bonds. The molecule has 0 saturated heterocycles. The molecule has 0 aliphatic carbocycles. The molecule has 0 aliphatic heterocycles. The van der Waals surface area contributed by atoms with Crippen LogP contribution in [0.4, 0.5) is 5.82 Å². The van der Waals surface area contributed by atoms with E-state index in [0.717, 1.165) is 10.9 Å². The highest BCUT2D eigenvalue weighted by Crippen LogP contribution is 2.34. The summed E-state index contributed by atoms with van der Waals surface area (Å²) in [5, 5.41) is 8.15. The Balaban J connectivity index is 1.69. The highest BCUT2D eigenvalue weighted by molar-refractivity contribution is 6.35. The molecule has 5 aromatic rings. The van der Waals surface area contributed by atoms with E-state index in [2.05, 4.69) is 20.2 Å². The highest BCUT2D eigenvalue weighted by Gasteiger charge is 2.21. The predicted molar refractivity (Wildman–Crippen MR) is 127 cm³/mol. The van der Waals surface area contributed by atoms with Gasteiger partial charge in [-0.25, -0.2) is 9.97 Å². The van der Waals surface area contributed by atoms with Crippen molar-refractivity contribution in [2.75, 3.05) is 5.73 Å². The molecule has 0 spiro atoms. The molecule has 3 heterocycles. The number of anilines is 1. The van der Waals surface area contributed by atoms with Crippen molar-refractivity contribution < 1.29 is 4.79 Å². The van der Waals surface area contributed by atoms with Gasteiger partial charge >= 0.3 is 0 Å². The number of Topliss-reactive ketones (excluding diaryl/α,β-unsaturated/α-hetero) is 1. The molecule has 0 saturated carbocycles. The fourth-order valence-electron chi connectivity index (χ4n) is 3.62. The predicted octanol–water partition coefficient (Wildman–Crippen LogP) is 3.97. The molecule has 0 fully saturated rings. The van der Waals surface area contributed by atoms with E-state index in [1.54, 1.807) is 24.4 Å². The lowest BCUT2D eigenvalue weighted by Gasteiger charge is -2.13. The van der Waals surface area contributed by atoms with Gasteiger partial charge in [0.1, 0.15) is 0 Å². The van der Waals surface area contributed by atoms with Crippen molar-refractivity contribution in [3.8, 4) is 22.5 Å². The Morgan fingerprint density at radius 2 is 1.76 bits per heavy atom. The summed E-state index contributed by atoms with van der Waals surface area (Å²) < 4.78 is 1.29. The van der Waals surface area contributed by atoms with E-state index in [4.69, 9.17) is 17.3 Å². The summed E-state index contributed by atoms with van der Waals surface area (Å²) in [7, 11) is 0. The topological polar surface area (TPSA) is 120 Å². The van der Waals surface area contributed by atoms with E-state index in [1.807, 2.05) is 36.4 Å². The molecule has 3 aromatic heterocycles. The monoisotopic (exact) mass is 456 g/mol. The van der Waals surface area contributed by atoms with E-state index in [0.29, 0.717) is 27.5 Å². The second-order valence-electron chi connectivity index (χ2n) is 7.40. The van der Waals surface area contributed by atoms with Crippen molar-refractivity contribution in [3.05, 3.63) is 94.1 Å². The van der Waals surface area contributed by atoms with Gasteiger partial charge in [-0.3, -0.25) is 14.7 Å². The minimum atomic E-state index is -0.426. The number of carbonyl (C=O) groups excluding carboxylic acids is 1. The average molecular weight is 457 g/mol. The number of fused-ring (bicyclic) bond motifs is 1. The van der Waals surface area contributed by atoms with E-state index < -0.39 is 5.78 Å². The number of nitrogens with zero attached hydrogens (tertiary/aromatic N) is 4. The fraction of sp³-hybridized carbons (Fsp3) is 0.0417. The lowest BCUT2D eigenvalue weighted by Crippen LogP contribution is -2.24. The van der Waals surface area contributed by atoms with Crippen molar-refractivity contribution >= 4 is 34.1 Å². The zero-order valence-corrected chi connectivity index (χ0v) is 18.0. The zero-order valence-electron chi connectivity index (χ0n) is 17.2. The van der Waals surface area contributed by atoms with Gasteiger partial charge < -0.3 is 10.3 Å². The summed E-state index contributed by atoms with van der Waals surface area (Å²) in [6.45, 7) is -0.204. The first-order valence-corrected chi connectivity index (χ1v) is 10.4. The van der Waals surface area contributed by atoms with Crippen molar-refractivity contribution in [3.63, 3.8) is 0 Å². The van der Waals surface area contributed by atoms with E-state index in [-0.39, 0.29) is 23.6 Å². The number of pyridine rings is 1. The molecule has 33 heavy (non-hydrogen) atoms. The van der Waals surface area contributed by atoms with Crippen LogP contribution in [-0.4, -0.2) is 30.5 Å². The molecule has 2 aromatic carbocycles. The molecule has 8 nitrogen and oxygen atoms in total.